The largest absolute Gasteiger partial charge is 0.396 e. The lowest BCUT2D eigenvalue weighted by molar-refractivity contribution is 0.468. The van der Waals surface area contributed by atoms with Gasteiger partial charge in [0.05, 0.1) is 10.6 Å². The van der Waals surface area contributed by atoms with Crippen LogP contribution >= 0.6 is 11.3 Å². The van der Waals surface area contributed by atoms with E-state index in [2.05, 4.69) is 0 Å². The number of sulfonamides is 1. The van der Waals surface area contributed by atoms with Crippen LogP contribution in [0, 0.1) is 19.7 Å². The number of rotatable bonds is 4. The molecule has 2 rings (SSSR count). The van der Waals surface area contributed by atoms with E-state index in [9.17, 15) is 12.8 Å². The Morgan fingerprint density at radius 1 is 1.38 bits per heavy atom. The van der Waals surface area contributed by atoms with E-state index in [1.807, 2.05) is 17.5 Å². The summed E-state index contributed by atoms with van der Waals surface area (Å²) in [6, 6.07) is 4.90. The monoisotopic (exact) mass is 328 g/mol. The fourth-order valence-corrected chi connectivity index (χ4v) is 4.61. The molecule has 0 aliphatic heterocycles. The average Bonchev–Trinajstić information content (AvgIpc) is 2.88. The van der Waals surface area contributed by atoms with Gasteiger partial charge in [-0.2, -0.15) is 4.31 Å². The third-order valence-electron chi connectivity index (χ3n) is 3.33. The number of hydrogen-bond acceptors (Lipinski definition) is 4. The predicted octanol–water partition coefficient (Wildman–Crippen LogP) is 2.91. The zero-order chi connectivity index (χ0) is 15.8. The van der Waals surface area contributed by atoms with Gasteiger partial charge < -0.3 is 5.73 Å². The first-order chi connectivity index (χ1) is 9.75. The van der Waals surface area contributed by atoms with E-state index in [1.54, 1.807) is 6.92 Å². The summed E-state index contributed by atoms with van der Waals surface area (Å²) in [7, 11) is -2.21. The molecular weight excluding hydrogens is 311 g/mol. The SMILES string of the molecule is Cc1cc(F)c(N)c(C)c1S(=O)(=O)N(C)Cc1cccs1. The van der Waals surface area contributed by atoms with Crippen LogP contribution in [0.5, 0.6) is 0 Å². The van der Waals surface area contributed by atoms with E-state index < -0.39 is 15.8 Å². The highest BCUT2D eigenvalue weighted by atomic mass is 32.2. The molecule has 0 aliphatic rings. The van der Waals surface area contributed by atoms with Crippen molar-refractivity contribution >= 4 is 27.0 Å². The molecule has 0 spiro atoms. The van der Waals surface area contributed by atoms with E-state index in [1.165, 1.54) is 29.6 Å². The van der Waals surface area contributed by atoms with Gasteiger partial charge in [0.1, 0.15) is 5.82 Å². The molecule has 4 nitrogen and oxygen atoms in total. The van der Waals surface area contributed by atoms with Gasteiger partial charge in [-0.05, 0) is 42.5 Å². The van der Waals surface area contributed by atoms with Crippen molar-refractivity contribution < 1.29 is 12.8 Å². The summed E-state index contributed by atoms with van der Waals surface area (Å²) >= 11 is 1.49. The Balaban J connectivity index is 2.47. The molecule has 1 aromatic carbocycles. The van der Waals surface area contributed by atoms with Crippen molar-refractivity contribution in [1.29, 1.82) is 0 Å². The van der Waals surface area contributed by atoms with Gasteiger partial charge in [0.15, 0.2) is 0 Å². The molecule has 21 heavy (non-hydrogen) atoms. The summed E-state index contributed by atoms with van der Waals surface area (Å²) < 4.78 is 40.3. The summed E-state index contributed by atoms with van der Waals surface area (Å²) in [4.78, 5) is 1.02. The van der Waals surface area contributed by atoms with Gasteiger partial charge in [-0.3, -0.25) is 0 Å². The highest BCUT2D eigenvalue weighted by Crippen LogP contribution is 2.30. The van der Waals surface area contributed by atoms with Crippen LogP contribution in [0.25, 0.3) is 0 Å². The van der Waals surface area contributed by atoms with Gasteiger partial charge in [-0.25, -0.2) is 12.8 Å². The number of anilines is 1. The number of halogens is 1. The van der Waals surface area contributed by atoms with E-state index >= 15 is 0 Å². The molecular formula is C14H17FN2O2S2. The number of benzene rings is 1. The van der Waals surface area contributed by atoms with Crippen LogP contribution in [0.15, 0.2) is 28.5 Å². The van der Waals surface area contributed by atoms with Crippen molar-refractivity contribution in [1.82, 2.24) is 4.31 Å². The van der Waals surface area contributed by atoms with Crippen molar-refractivity contribution in [3.8, 4) is 0 Å². The normalized spacial score (nSPS) is 12.0. The maximum absolute atomic E-state index is 13.6. The van der Waals surface area contributed by atoms with Gasteiger partial charge in [0.25, 0.3) is 0 Å². The van der Waals surface area contributed by atoms with E-state index in [-0.39, 0.29) is 22.7 Å². The first-order valence-corrected chi connectivity index (χ1v) is 8.61. The van der Waals surface area contributed by atoms with Crippen LogP contribution in [-0.4, -0.2) is 19.8 Å². The van der Waals surface area contributed by atoms with Gasteiger partial charge >= 0.3 is 0 Å². The molecule has 0 aliphatic carbocycles. The van der Waals surface area contributed by atoms with Crippen molar-refractivity contribution in [2.45, 2.75) is 25.3 Å². The summed E-state index contributed by atoms with van der Waals surface area (Å²) in [6.07, 6.45) is 0. The molecule has 0 fully saturated rings. The van der Waals surface area contributed by atoms with Crippen LogP contribution in [0.4, 0.5) is 10.1 Å². The molecule has 0 unspecified atom stereocenters. The Hall–Kier alpha value is -1.44. The smallest absolute Gasteiger partial charge is 0.243 e. The van der Waals surface area contributed by atoms with Gasteiger partial charge in [0.2, 0.25) is 10.0 Å². The number of nitrogen functional groups attached to an aromatic ring is 1. The second kappa shape index (κ2) is 5.75. The van der Waals surface area contributed by atoms with Crippen molar-refractivity contribution in [2.24, 2.45) is 0 Å². The quantitative estimate of drug-likeness (QED) is 0.878. The maximum atomic E-state index is 13.6. The molecule has 0 atom stereocenters. The Bertz CT molecular complexity index is 756. The first-order valence-electron chi connectivity index (χ1n) is 6.29. The summed E-state index contributed by atoms with van der Waals surface area (Å²) in [5.41, 5.74) is 6.12. The minimum Gasteiger partial charge on any atom is -0.396 e. The van der Waals surface area contributed by atoms with E-state index in [4.69, 9.17) is 5.73 Å². The minimum absolute atomic E-state index is 0.0838. The molecule has 2 aromatic rings. The molecule has 0 radical (unpaired) electrons. The van der Waals surface area contributed by atoms with Crippen LogP contribution in [-0.2, 0) is 16.6 Å². The predicted molar refractivity (Wildman–Crippen MR) is 83.3 cm³/mol. The standard InChI is InChI=1S/C14H17FN2O2S2/c1-9-7-12(15)13(16)10(2)14(9)21(18,19)17(3)8-11-5-4-6-20-11/h4-7H,8,16H2,1-3H3. The maximum Gasteiger partial charge on any atom is 0.243 e. The van der Waals surface area contributed by atoms with Crippen molar-refractivity contribution in [3.05, 3.63) is 45.4 Å². The Kier molecular flexibility index (Phi) is 4.36. The molecule has 7 heteroatoms. The molecule has 2 N–H and O–H groups in total. The van der Waals surface area contributed by atoms with Crippen LogP contribution < -0.4 is 5.73 Å². The van der Waals surface area contributed by atoms with Gasteiger partial charge in [0, 0.05) is 18.5 Å². The van der Waals surface area contributed by atoms with Crippen molar-refractivity contribution in [3.63, 3.8) is 0 Å². The number of aryl methyl sites for hydroxylation is 1. The van der Waals surface area contributed by atoms with E-state index in [0.717, 1.165) is 10.9 Å². The Morgan fingerprint density at radius 2 is 2.05 bits per heavy atom. The first kappa shape index (κ1) is 15.9. The molecule has 114 valence electrons. The zero-order valence-electron chi connectivity index (χ0n) is 12.1. The summed E-state index contributed by atoms with van der Waals surface area (Å²) in [5, 5.41) is 1.89. The number of nitrogens with two attached hydrogens (primary N) is 1. The Morgan fingerprint density at radius 3 is 2.62 bits per heavy atom. The lowest BCUT2D eigenvalue weighted by Gasteiger charge is -2.20. The van der Waals surface area contributed by atoms with Crippen molar-refractivity contribution in [2.75, 3.05) is 12.8 Å². The lowest BCUT2D eigenvalue weighted by Crippen LogP contribution is -2.28. The topological polar surface area (TPSA) is 63.4 Å². The molecule has 0 saturated carbocycles. The van der Waals surface area contributed by atoms with E-state index in [0.29, 0.717) is 5.56 Å². The molecule has 0 bridgehead atoms. The highest BCUT2D eigenvalue weighted by Gasteiger charge is 2.27. The van der Waals surface area contributed by atoms with Gasteiger partial charge in [-0.15, -0.1) is 11.3 Å². The molecule has 0 amide bonds. The second-order valence-corrected chi connectivity index (χ2v) is 7.90. The fraction of sp³-hybridized carbons (Fsp3) is 0.286. The number of thiophene rings is 1. The molecule has 1 aromatic heterocycles. The van der Waals surface area contributed by atoms with Crippen LogP contribution in [0.1, 0.15) is 16.0 Å². The fourth-order valence-electron chi connectivity index (χ4n) is 2.19. The zero-order valence-corrected chi connectivity index (χ0v) is 13.7. The minimum atomic E-state index is -3.72. The third-order valence-corrected chi connectivity index (χ3v) is 6.29. The summed E-state index contributed by atoms with van der Waals surface area (Å²) in [5.74, 6) is -0.593. The highest BCUT2D eigenvalue weighted by molar-refractivity contribution is 7.89. The van der Waals surface area contributed by atoms with Crippen LogP contribution in [0.2, 0.25) is 0 Å². The Labute approximate surface area is 128 Å². The average molecular weight is 328 g/mol. The summed E-state index contributed by atoms with van der Waals surface area (Å²) in [6.45, 7) is 3.37. The number of nitrogens with zero attached hydrogens (tertiary/aromatic N) is 1. The lowest BCUT2D eigenvalue weighted by atomic mass is 10.1. The number of hydrogen-bond donors (Lipinski definition) is 1. The molecule has 0 saturated heterocycles. The van der Waals surface area contributed by atoms with Crippen LogP contribution in [0.3, 0.4) is 0 Å². The van der Waals surface area contributed by atoms with Gasteiger partial charge in [-0.1, -0.05) is 6.07 Å². The molecule has 1 heterocycles. The third kappa shape index (κ3) is 2.95. The second-order valence-electron chi connectivity index (χ2n) is 4.88.